The van der Waals surface area contributed by atoms with Crippen LogP contribution in [0, 0.1) is 11.6 Å². The van der Waals surface area contributed by atoms with Crippen LogP contribution in [0.1, 0.15) is 5.56 Å². The van der Waals surface area contributed by atoms with E-state index in [0.717, 1.165) is 23.3 Å². The van der Waals surface area contributed by atoms with Gasteiger partial charge in [-0.2, -0.15) is 11.3 Å². The Bertz CT molecular complexity index is 958. The molecule has 0 saturated heterocycles. The van der Waals surface area contributed by atoms with Gasteiger partial charge < -0.3 is 0 Å². The molecule has 2 aromatic heterocycles. The summed E-state index contributed by atoms with van der Waals surface area (Å²) >= 11 is 1.54. The smallest absolute Gasteiger partial charge is 0.243 e. The maximum atomic E-state index is 13.6. The second-order valence-electron chi connectivity index (χ2n) is 4.99. The van der Waals surface area contributed by atoms with Gasteiger partial charge in [0.15, 0.2) is 0 Å². The number of nitrogens with zero attached hydrogens (tertiary/aromatic N) is 1. The number of hydrogen-bond acceptors (Lipinski definition) is 4. The van der Waals surface area contributed by atoms with Crippen LogP contribution in [0.5, 0.6) is 0 Å². The number of thiophene rings is 1. The largest absolute Gasteiger partial charge is 0.264 e. The average Bonchev–Trinajstić information content (AvgIpc) is 3.10. The Morgan fingerprint density at radius 3 is 2.67 bits per heavy atom. The highest BCUT2D eigenvalue weighted by molar-refractivity contribution is 7.89. The lowest BCUT2D eigenvalue weighted by Gasteiger charge is -2.08. The summed E-state index contributed by atoms with van der Waals surface area (Å²) in [4.78, 5) is 3.36. The van der Waals surface area contributed by atoms with E-state index in [1.54, 1.807) is 23.6 Å². The van der Waals surface area contributed by atoms with Crippen LogP contribution < -0.4 is 4.72 Å². The average molecular weight is 366 g/mol. The minimum atomic E-state index is -4.17. The Labute approximate surface area is 141 Å². The quantitative estimate of drug-likeness (QED) is 0.751. The zero-order valence-electron chi connectivity index (χ0n) is 12.2. The number of rotatable bonds is 5. The topological polar surface area (TPSA) is 59.1 Å². The maximum Gasteiger partial charge on any atom is 0.243 e. The molecule has 0 atom stereocenters. The molecule has 1 aromatic carbocycles. The Balaban J connectivity index is 1.80. The summed E-state index contributed by atoms with van der Waals surface area (Å²) in [5.41, 5.74) is 2.44. The summed E-state index contributed by atoms with van der Waals surface area (Å²) in [7, 11) is -4.17. The van der Waals surface area contributed by atoms with Crippen LogP contribution in [0.2, 0.25) is 0 Å². The molecule has 124 valence electrons. The Morgan fingerprint density at radius 2 is 1.92 bits per heavy atom. The second-order valence-corrected chi connectivity index (χ2v) is 7.51. The summed E-state index contributed by atoms with van der Waals surface area (Å²) in [5, 5.41) is 3.88. The van der Waals surface area contributed by atoms with Gasteiger partial charge in [-0.1, -0.05) is 0 Å². The summed E-state index contributed by atoms with van der Waals surface area (Å²) < 4.78 is 53.4. The fourth-order valence-corrected chi connectivity index (χ4v) is 3.88. The van der Waals surface area contributed by atoms with E-state index in [9.17, 15) is 17.2 Å². The van der Waals surface area contributed by atoms with E-state index in [4.69, 9.17) is 0 Å². The van der Waals surface area contributed by atoms with Crippen molar-refractivity contribution in [2.75, 3.05) is 0 Å². The fourth-order valence-electron chi connectivity index (χ4n) is 2.11. The molecular formula is C16H12F2N2O2S2. The van der Waals surface area contributed by atoms with E-state index >= 15 is 0 Å². The third kappa shape index (κ3) is 3.66. The van der Waals surface area contributed by atoms with Crippen molar-refractivity contribution in [3.63, 3.8) is 0 Å². The first-order chi connectivity index (χ1) is 11.5. The van der Waals surface area contributed by atoms with E-state index in [2.05, 4.69) is 9.71 Å². The molecule has 3 aromatic rings. The van der Waals surface area contributed by atoms with Gasteiger partial charge in [0.25, 0.3) is 0 Å². The van der Waals surface area contributed by atoms with Crippen molar-refractivity contribution in [2.24, 2.45) is 0 Å². The maximum absolute atomic E-state index is 13.6. The number of halogens is 2. The van der Waals surface area contributed by atoms with Gasteiger partial charge in [0.1, 0.15) is 16.5 Å². The first-order valence-corrected chi connectivity index (χ1v) is 9.29. The number of nitrogens with one attached hydrogen (secondary N) is 1. The lowest BCUT2D eigenvalue weighted by atomic mass is 10.1. The summed E-state index contributed by atoms with van der Waals surface area (Å²) in [5.74, 6) is -1.83. The van der Waals surface area contributed by atoms with Crippen molar-refractivity contribution in [2.45, 2.75) is 11.4 Å². The van der Waals surface area contributed by atoms with Crippen molar-refractivity contribution in [1.82, 2.24) is 9.71 Å². The van der Waals surface area contributed by atoms with E-state index in [-0.39, 0.29) is 6.54 Å². The van der Waals surface area contributed by atoms with Crippen molar-refractivity contribution in [1.29, 1.82) is 0 Å². The number of benzene rings is 1. The summed E-state index contributed by atoms with van der Waals surface area (Å²) in [6.07, 6.45) is 3.19. The Kier molecular flexibility index (Phi) is 4.70. The molecule has 1 N–H and O–H groups in total. The van der Waals surface area contributed by atoms with Crippen molar-refractivity contribution >= 4 is 21.4 Å². The Morgan fingerprint density at radius 1 is 1.08 bits per heavy atom. The first-order valence-electron chi connectivity index (χ1n) is 6.87. The molecule has 0 bridgehead atoms. The molecule has 0 fully saturated rings. The minimum absolute atomic E-state index is 0.0801. The second kappa shape index (κ2) is 6.76. The number of sulfonamides is 1. The first kappa shape index (κ1) is 16.7. The van der Waals surface area contributed by atoms with Crippen LogP contribution in [-0.2, 0) is 16.6 Å². The van der Waals surface area contributed by atoms with E-state index in [0.29, 0.717) is 11.6 Å². The minimum Gasteiger partial charge on any atom is -0.264 e. The predicted molar refractivity (Wildman–Crippen MR) is 87.9 cm³/mol. The van der Waals surface area contributed by atoms with Crippen LogP contribution in [0.25, 0.3) is 11.1 Å². The molecule has 0 saturated carbocycles. The molecule has 0 aliphatic heterocycles. The molecule has 0 unspecified atom stereocenters. The zero-order valence-corrected chi connectivity index (χ0v) is 13.9. The molecule has 3 rings (SSSR count). The van der Waals surface area contributed by atoms with E-state index in [1.165, 1.54) is 6.20 Å². The van der Waals surface area contributed by atoms with E-state index < -0.39 is 26.6 Å². The van der Waals surface area contributed by atoms with Crippen LogP contribution in [0.4, 0.5) is 8.78 Å². The summed E-state index contributed by atoms with van der Waals surface area (Å²) in [6.45, 7) is -0.0801. The van der Waals surface area contributed by atoms with Crippen LogP contribution in [-0.4, -0.2) is 13.4 Å². The van der Waals surface area contributed by atoms with Crippen molar-refractivity contribution < 1.29 is 17.2 Å². The van der Waals surface area contributed by atoms with Gasteiger partial charge in [-0.15, -0.1) is 0 Å². The van der Waals surface area contributed by atoms with Crippen LogP contribution >= 0.6 is 11.3 Å². The highest BCUT2D eigenvalue weighted by atomic mass is 32.2. The lowest BCUT2D eigenvalue weighted by molar-refractivity contribution is 0.545. The van der Waals surface area contributed by atoms with Gasteiger partial charge in [-0.05, 0) is 52.2 Å². The van der Waals surface area contributed by atoms with Crippen LogP contribution in [0.15, 0.2) is 58.4 Å². The molecule has 0 aliphatic rings. The molecule has 8 heteroatoms. The van der Waals surface area contributed by atoms with Gasteiger partial charge in [-0.25, -0.2) is 21.9 Å². The predicted octanol–water partition coefficient (Wildman–Crippen LogP) is 3.57. The third-order valence-corrected chi connectivity index (χ3v) is 5.40. The van der Waals surface area contributed by atoms with Gasteiger partial charge in [0.2, 0.25) is 10.0 Å². The third-order valence-electron chi connectivity index (χ3n) is 3.30. The molecule has 0 aliphatic carbocycles. The molecule has 24 heavy (non-hydrogen) atoms. The number of pyridine rings is 1. The molecular weight excluding hydrogens is 354 g/mol. The summed E-state index contributed by atoms with van der Waals surface area (Å²) in [6, 6.07) is 6.01. The lowest BCUT2D eigenvalue weighted by Crippen LogP contribution is -2.24. The van der Waals surface area contributed by atoms with Crippen molar-refractivity contribution in [3.05, 3.63) is 70.7 Å². The molecule has 0 amide bonds. The number of aromatic nitrogens is 1. The van der Waals surface area contributed by atoms with Crippen molar-refractivity contribution in [3.8, 4) is 11.1 Å². The van der Waals surface area contributed by atoms with E-state index in [1.807, 2.05) is 16.8 Å². The molecule has 0 spiro atoms. The zero-order chi connectivity index (χ0) is 17.2. The number of hydrogen-bond donors (Lipinski definition) is 1. The molecule has 0 radical (unpaired) electrons. The van der Waals surface area contributed by atoms with Gasteiger partial charge >= 0.3 is 0 Å². The van der Waals surface area contributed by atoms with Crippen LogP contribution in [0.3, 0.4) is 0 Å². The highest BCUT2D eigenvalue weighted by Gasteiger charge is 2.19. The Hall–Kier alpha value is -2.16. The highest BCUT2D eigenvalue weighted by Crippen LogP contribution is 2.22. The van der Waals surface area contributed by atoms with Gasteiger partial charge in [0, 0.05) is 24.5 Å². The fraction of sp³-hybridized carbons (Fsp3) is 0.0625. The normalized spacial score (nSPS) is 11.6. The molecule has 2 heterocycles. The van der Waals surface area contributed by atoms with Gasteiger partial charge in [-0.3, -0.25) is 4.98 Å². The molecule has 4 nitrogen and oxygen atoms in total. The van der Waals surface area contributed by atoms with Gasteiger partial charge in [0.05, 0.1) is 0 Å². The monoisotopic (exact) mass is 366 g/mol. The SMILES string of the molecule is O=S(=O)(NCc1cncc(-c2ccsc2)c1)c1cc(F)ccc1F. The standard InChI is InChI=1S/C16H12F2N2O2S2/c17-14-1-2-15(18)16(6-14)24(21,22)20-8-11-5-13(9-19-7-11)12-3-4-23-10-12/h1-7,9-10,20H,8H2.